The topological polar surface area (TPSA) is 24.1 Å². The molecule has 0 amide bonds. The third-order valence-electron chi connectivity index (χ3n) is 0.957. The van der Waals surface area contributed by atoms with Gasteiger partial charge in [-0.1, -0.05) is 13.8 Å². The summed E-state index contributed by atoms with van der Waals surface area (Å²) in [5.41, 5.74) is 0. The first kappa shape index (κ1) is 7.92. The molecule has 52 valence electrons. The van der Waals surface area contributed by atoms with Crippen LogP contribution in [-0.4, -0.2) is 26.2 Å². The molecule has 1 saturated heterocycles. The molecule has 0 aromatic carbocycles. The minimum Gasteiger partial charge on any atom is -0.314 e. The average molecular weight is 118 g/mol. The zero-order chi connectivity index (χ0) is 6.24. The molecule has 0 unspecified atom stereocenters. The number of hydrogen-bond donors (Lipinski definition) is 2. The lowest BCUT2D eigenvalue weighted by Crippen LogP contribution is -2.39. The highest BCUT2D eigenvalue weighted by molar-refractivity contribution is 4.59. The Balaban J connectivity index is 0. The summed E-state index contributed by atoms with van der Waals surface area (Å²) < 4.78 is 0. The Morgan fingerprint density at radius 1 is 0.875 bits per heavy atom. The van der Waals surface area contributed by atoms with Crippen molar-refractivity contribution in [3.05, 3.63) is 0 Å². The summed E-state index contributed by atoms with van der Waals surface area (Å²) in [5.74, 6) is 0. The second-order valence-electron chi connectivity index (χ2n) is 1.50. The maximum Gasteiger partial charge on any atom is 0.00772 e. The van der Waals surface area contributed by atoms with E-state index in [0.717, 1.165) is 26.2 Å². The van der Waals surface area contributed by atoms with Crippen LogP contribution in [0.15, 0.2) is 0 Å². The largest absolute Gasteiger partial charge is 0.314 e. The van der Waals surface area contributed by atoms with Gasteiger partial charge in [0.15, 0.2) is 0 Å². The van der Waals surface area contributed by atoms with E-state index in [1.54, 1.807) is 0 Å². The molecule has 1 aliphatic heterocycles. The molecule has 0 atom stereocenters. The molecule has 0 aliphatic carbocycles. The van der Waals surface area contributed by atoms with Gasteiger partial charge in [-0.2, -0.15) is 0 Å². The van der Waals surface area contributed by atoms with Crippen molar-refractivity contribution < 1.29 is 1.43 Å². The fraction of sp³-hybridized carbons (Fsp3) is 1.00. The van der Waals surface area contributed by atoms with Gasteiger partial charge in [-0.05, 0) is 0 Å². The second-order valence-corrected chi connectivity index (χ2v) is 1.50. The summed E-state index contributed by atoms with van der Waals surface area (Å²) in [6, 6.07) is 0. The van der Waals surface area contributed by atoms with Gasteiger partial charge in [0.2, 0.25) is 0 Å². The molecule has 1 rings (SSSR count). The summed E-state index contributed by atoms with van der Waals surface area (Å²) in [6.45, 7) is 8.56. The Morgan fingerprint density at radius 2 is 1.12 bits per heavy atom. The van der Waals surface area contributed by atoms with E-state index >= 15 is 0 Å². The highest BCUT2D eigenvalue weighted by atomic mass is 15.0. The van der Waals surface area contributed by atoms with Crippen molar-refractivity contribution in [2.75, 3.05) is 26.2 Å². The van der Waals surface area contributed by atoms with Gasteiger partial charge < -0.3 is 10.6 Å². The minimum atomic E-state index is 0. The third-order valence-corrected chi connectivity index (χ3v) is 0.957. The molecule has 1 fully saturated rings. The van der Waals surface area contributed by atoms with Crippen molar-refractivity contribution in [1.82, 2.24) is 10.6 Å². The molecule has 2 N–H and O–H groups in total. The quantitative estimate of drug-likeness (QED) is 0.482. The predicted molar refractivity (Wildman–Crippen MR) is 39.2 cm³/mol. The van der Waals surface area contributed by atoms with Gasteiger partial charge in [-0.25, -0.2) is 0 Å². The van der Waals surface area contributed by atoms with Crippen molar-refractivity contribution in [3.8, 4) is 0 Å². The van der Waals surface area contributed by atoms with Crippen molar-refractivity contribution in [3.63, 3.8) is 0 Å². The number of rotatable bonds is 0. The fourth-order valence-corrected chi connectivity index (χ4v) is 0.604. The standard InChI is InChI=1S/C4H10N2.C2H6.H2/c1-2-6-4-3-5-1;1-2;/h5-6H,1-4H2;1-2H3;1H. The van der Waals surface area contributed by atoms with E-state index in [4.69, 9.17) is 0 Å². The second kappa shape index (κ2) is 6.92. The predicted octanol–water partition coefficient (Wildman–Crippen LogP) is 0.451. The van der Waals surface area contributed by atoms with Crippen molar-refractivity contribution in [1.29, 1.82) is 0 Å². The highest BCUT2D eigenvalue weighted by Crippen LogP contribution is 1.65. The minimum absolute atomic E-state index is 0. The number of nitrogens with one attached hydrogen (secondary N) is 2. The molecule has 2 nitrogen and oxygen atoms in total. The summed E-state index contributed by atoms with van der Waals surface area (Å²) in [7, 11) is 0. The van der Waals surface area contributed by atoms with Gasteiger partial charge >= 0.3 is 0 Å². The van der Waals surface area contributed by atoms with Gasteiger partial charge in [-0.15, -0.1) is 0 Å². The summed E-state index contributed by atoms with van der Waals surface area (Å²) in [6.07, 6.45) is 0. The van der Waals surface area contributed by atoms with Crippen LogP contribution in [0.25, 0.3) is 0 Å². The van der Waals surface area contributed by atoms with E-state index in [2.05, 4.69) is 10.6 Å². The van der Waals surface area contributed by atoms with Gasteiger partial charge in [0.1, 0.15) is 0 Å². The van der Waals surface area contributed by atoms with E-state index in [1.807, 2.05) is 13.8 Å². The van der Waals surface area contributed by atoms with Gasteiger partial charge in [0, 0.05) is 27.6 Å². The molecular formula is C6H18N2. The van der Waals surface area contributed by atoms with Crippen molar-refractivity contribution in [2.24, 2.45) is 0 Å². The van der Waals surface area contributed by atoms with Crippen LogP contribution in [0, 0.1) is 0 Å². The molecule has 0 bridgehead atoms. The molecule has 2 heteroatoms. The molecule has 0 spiro atoms. The molecule has 0 aromatic rings. The number of hydrogen-bond acceptors (Lipinski definition) is 2. The van der Waals surface area contributed by atoms with Crippen LogP contribution in [0.2, 0.25) is 0 Å². The molecule has 0 saturated carbocycles. The summed E-state index contributed by atoms with van der Waals surface area (Å²) in [4.78, 5) is 0. The molecule has 0 aromatic heterocycles. The van der Waals surface area contributed by atoms with E-state index in [0.29, 0.717) is 0 Å². The average Bonchev–Trinajstić information content (AvgIpc) is 1.96. The lowest BCUT2D eigenvalue weighted by atomic mass is 10.4. The Labute approximate surface area is 53.1 Å². The maximum atomic E-state index is 3.22. The van der Waals surface area contributed by atoms with Crippen LogP contribution in [0.5, 0.6) is 0 Å². The smallest absolute Gasteiger partial charge is 0.00772 e. The number of piperazine rings is 1. The van der Waals surface area contributed by atoms with Gasteiger partial charge in [0.25, 0.3) is 0 Å². The van der Waals surface area contributed by atoms with E-state index in [-0.39, 0.29) is 1.43 Å². The normalized spacial score (nSPS) is 18.8. The maximum absolute atomic E-state index is 3.22. The summed E-state index contributed by atoms with van der Waals surface area (Å²) in [5, 5.41) is 6.44. The summed E-state index contributed by atoms with van der Waals surface area (Å²) >= 11 is 0. The zero-order valence-electron chi connectivity index (χ0n) is 5.83. The van der Waals surface area contributed by atoms with E-state index in [9.17, 15) is 0 Å². The first-order valence-corrected chi connectivity index (χ1v) is 3.41. The molecule has 1 heterocycles. The fourth-order valence-electron chi connectivity index (χ4n) is 0.604. The van der Waals surface area contributed by atoms with Gasteiger partial charge in [0.05, 0.1) is 0 Å². The van der Waals surface area contributed by atoms with Crippen LogP contribution in [0.4, 0.5) is 0 Å². The Bertz CT molecular complexity index is 26.5. The van der Waals surface area contributed by atoms with E-state index in [1.165, 1.54) is 0 Å². The first-order chi connectivity index (χ1) is 4.00. The van der Waals surface area contributed by atoms with Crippen LogP contribution in [0.1, 0.15) is 15.3 Å². The van der Waals surface area contributed by atoms with Crippen molar-refractivity contribution in [2.45, 2.75) is 13.8 Å². The molecule has 1 aliphatic rings. The van der Waals surface area contributed by atoms with Gasteiger partial charge in [-0.3, -0.25) is 0 Å². The van der Waals surface area contributed by atoms with Crippen molar-refractivity contribution >= 4 is 0 Å². The molecule has 0 radical (unpaired) electrons. The van der Waals surface area contributed by atoms with E-state index < -0.39 is 0 Å². The lowest BCUT2D eigenvalue weighted by molar-refractivity contribution is 0.534. The third kappa shape index (κ3) is 4.09. The molecular weight excluding hydrogens is 100 g/mol. The highest BCUT2D eigenvalue weighted by Gasteiger charge is 1.91. The Kier molecular flexibility index (Phi) is 6.85. The van der Waals surface area contributed by atoms with Crippen LogP contribution >= 0.6 is 0 Å². The first-order valence-electron chi connectivity index (χ1n) is 3.41. The van der Waals surface area contributed by atoms with Crippen LogP contribution in [-0.2, 0) is 0 Å². The zero-order valence-corrected chi connectivity index (χ0v) is 5.83. The monoisotopic (exact) mass is 118 g/mol. The Morgan fingerprint density at radius 3 is 1.25 bits per heavy atom. The van der Waals surface area contributed by atoms with Crippen LogP contribution < -0.4 is 10.6 Å². The van der Waals surface area contributed by atoms with Crippen LogP contribution in [0.3, 0.4) is 0 Å². The lowest BCUT2D eigenvalue weighted by Gasteiger charge is -2.11. The molecule has 8 heavy (non-hydrogen) atoms. The SMILES string of the molecule is C1CNCCN1.CC.[HH]. The Hall–Kier alpha value is -0.0800.